The molecule has 8 heteroatoms. The van der Waals surface area contributed by atoms with Crippen LogP contribution in [0.2, 0.25) is 0 Å². The monoisotopic (exact) mass is 412 g/mol. The van der Waals surface area contributed by atoms with Crippen LogP contribution in [0.15, 0.2) is 66.1 Å². The molecule has 0 aromatic heterocycles. The number of hydrogen-bond acceptors (Lipinski definition) is 6. The van der Waals surface area contributed by atoms with Crippen LogP contribution in [-0.4, -0.2) is 26.6 Å². The normalized spacial score (nSPS) is 15.1. The predicted molar refractivity (Wildman–Crippen MR) is 114 cm³/mol. The molecule has 1 heterocycles. The summed E-state index contributed by atoms with van der Waals surface area (Å²) in [6, 6.07) is 13.5. The van der Waals surface area contributed by atoms with Gasteiger partial charge < -0.3 is 4.74 Å². The highest BCUT2D eigenvalue weighted by atomic mass is 32.2. The molecule has 0 aliphatic carbocycles. The van der Waals surface area contributed by atoms with E-state index in [1.54, 1.807) is 24.3 Å². The lowest BCUT2D eigenvalue weighted by atomic mass is 10.1. The van der Waals surface area contributed by atoms with E-state index in [4.69, 9.17) is 17.0 Å². The number of nitrogens with zero attached hydrogens (tertiary/aromatic N) is 2. The van der Waals surface area contributed by atoms with E-state index in [9.17, 15) is 14.9 Å². The molecule has 0 radical (unpaired) electrons. The number of carbonyl (C=O) groups is 1. The Balaban J connectivity index is 1.76. The zero-order chi connectivity index (χ0) is 20.1. The van der Waals surface area contributed by atoms with Crippen LogP contribution >= 0.6 is 24.0 Å². The molecule has 0 N–H and O–H groups in total. The number of carbonyl (C=O) groups excluding carboxylic acids is 1. The van der Waals surface area contributed by atoms with Crippen molar-refractivity contribution in [3.05, 3.63) is 87.3 Å². The minimum Gasteiger partial charge on any atom is -0.488 e. The first kappa shape index (κ1) is 19.8. The Kier molecular flexibility index (Phi) is 6.23. The molecule has 1 saturated heterocycles. The minimum absolute atomic E-state index is 0.0331. The molecule has 2 aromatic carbocycles. The van der Waals surface area contributed by atoms with Crippen molar-refractivity contribution in [1.82, 2.24) is 4.90 Å². The van der Waals surface area contributed by atoms with Gasteiger partial charge in [-0.25, -0.2) is 0 Å². The van der Waals surface area contributed by atoms with Crippen molar-refractivity contribution in [2.24, 2.45) is 0 Å². The third kappa shape index (κ3) is 4.47. The molecular formula is C20H16N2O4S2. The first-order valence-electron chi connectivity index (χ1n) is 8.31. The Hall–Kier alpha value is -2.97. The molecule has 142 valence electrons. The maximum atomic E-state index is 12.5. The minimum atomic E-state index is -0.442. The molecule has 2 aromatic rings. The quantitative estimate of drug-likeness (QED) is 0.218. The Bertz CT molecular complexity index is 970. The number of para-hydroxylation sites is 1. The Labute approximate surface area is 171 Å². The van der Waals surface area contributed by atoms with Gasteiger partial charge in [0.25, 0.3) is 11.6 Å². The van der Waals surface area contributed by atoms with Crippen molar-refractivity contribution >= 4 is 46.0 Å². The maximum Gasteiger partial charge on any atom is 0.269 e. The molecule has 1 aliphatic heterocycles. The molecule has 0 unspecified atom stereocenters. The highest BCUT2D eigenvalue weighted by Crippen LogP contribution is 2.34. The Morgan fingerprint density at radius 2 is 1.93 bits per heavy atom. The third-order valence-corrected chi connectivity index (χ3v) is 5.31. The van der Waals surface area contributed by atoms with Crippen LogP contribution in [-0.2, 0) is 11.4 Å². The standard InChI is InChI=1S/C20H16N2O4S2/c1-2-11-21-19(23)18(28-20(21)27)12-15-5-3-4-6-17(15)26-13-14-7-9-16(10-8-14)22(24)25/h2-10,12H,1,11,13H2. The maximum absolute atomic E-state index is 12.5. The highest BCUT2D eigenvalue weighted by Gasteiger charge is 2.31. The number of hydrogen-bond donors (Lipinski definition) is 0. The van der Waals surface area contributed by atoms with E-state index in [-0.39, 0.29) is 18.2 Å². The molecule has 0 spiro atoms. The zero-order valence-corrected chi connectivity index (χ0v) is 16.4. The Morgan fingerprint density at radius 1 is 1.21 bits per heavy atom. The van der Waals surface area contributed by atoms with E-state index < -0.39 is 4.92 Å². The van der Waals surface area contributed by atoms with Gasteiger partial charge in [-0.2, -0.15) is 0 Å². The van der Waals surface area contributed by atoms with Gasteiger partial charge >= 0.3 is 0 Å². The SMILES string of the molecule is C=CCN1C(=O)C(=Cc2ccccc2OCc2ccc([N+](=O)[O-])cc2)SC1=S. The summed E-state index contributed by atoms with van der Waals surface area (Å²) in [7, 11) is 0. The average Bonchev–Trinajstić information content (AvgIpc) is 2.95. The molecule has 3 rings (SSSR count). The fourth-order valence-corrected chi connectivity index (χ4v) is 3.80. The third-order valence-electron chi connectivity index (χ3n) is 3.93. The lowest BCUT2D eigenvalue weighted by Gasteiger charge is -2.11. The summed E-state index contributed by atoms with van der Waals surface area (Å²) in [4.78, 5) is 24.8. The molecule has 0 bridgehead atoms. The summed E-state index contributed by atoms with van der Waals surface area (Å²) in [5, 5.41) is 10.7. The molecule has 1 fully saturated rings. The summed E-state index contributed by atoms with van der Waals surface area (Å²) in [6.07, 6.45) is 3.39. The van der Waals surface area contributed by atoms with Gasteiger partial charge in [0, 0.05) is 24.2 Å². The fourth-order valence-electron chi connectivity index (χ4n) is 2.53. The van der Waals surface area contributed by atoms with Crippen LogP contribution in [0.5, 0.6) is 5.75 Å². The van der Waals surface area contributed by atoms with Crippen LogP contribution in [0.25, 0.3) is 6.08 Å². The molecule has 28 heavy (non-hydrogen) atoms. The predicted octanol–water partition coefficient (Wildman–Crippen LogP) is 4.56. The number of rotatable bonds is 7. The number of benzene rings is 2. The first-order chi connectivity index (χ1) is 13.5. The number of thiocarbonyl (C=S) groups is 1. The van der Waals surface area contributed by atoms with Gasteiger partial charge in [0.2, 0.25) is 0 Å². The van der Waals surface area contributed by atoms with Crippen LogP contribution in [0.3, 0.4) is 0 Å². The largest absolute Gasteiger partial charge is 0.488 e. The summed E-state index contributed by atoms with van der Waals surface area (Å²) < 4.78 is 6.37. The van der Waals surface area contributed by atoms with Gasteiger partial charge in [-0.3, -0.25) is 19.8 Å². The van der Waals surface area contributed by atoms with E-state index in [0.717, 1.165) is 11.1 Å². The van der Waals surface area contributed by atoms with E-state index >= 15 is 0 Å². The van der Waals surface area contributed by atoms with Crippen molar-refractivity contribution in [3.8, 4) is 5.75 Å². The van der Waals surface area contributed by atoms with Crippen molar-refractivity contribution in [2.75, 3.05) is 6.54 Å². The molecule has 6 nitrogen and oxygen atoms in total. The second kappa shape index (κ2) is 8.81. The van der Waals surface area contributed by atoms with Gasteiger partial charge in [0.15, 0.2) is 0 Å². The number of thioether (sulfide) groups is 1. The van der Waals surface area contributed by atoms with E-state index in [2.05, 4.69) is 6.58 Å². The van der Waals surface area contributed by atoms with Gasteiger partial charge in [0.05, 0.1) is 9.83 Å². The summed E-state index contributed by atoms with van der Waals surface area (Å²) in [5.74, 6) is 0.454. The van der Waals surface area contributed by atoms with Gasteiger partial charge in [-0.1, -0.05) is 48.3 Å². The number of ether oxygens (including phenoxy) is 1. The summed E-state index contributed by atoms with van der Waals surface area (Å²) >= 11 is 6.50. The summed E-state index contributed by atoms with van der Waals surface area (Å²) in [6.45, 7) is 4.27. The summed E-state index contributed by atoms with van der Waals surface area (Å²) in [5.41, 5.74) is 1.59. The lowest BCUT2D eigenvalue weighted by Crippen LogP contribution is -2.27. The lowest BCUT2D eigenvalue weighted by molar-refractivity contribution is -0.384. The van der Waals surface area contributed by atoms with E-state index in [0.29, 0.717) is 21.5 Å². The molecule has 0 saturated carbocycles. The fraction of sp³-hybridized carbons (Fsp3) is 0.100. The van der Waals surface area contributed by atoms with Gasteiger partial charge in [-0.05, 0) is 29.8 Å². The van der Waals surface area contributed by atoms with Crippen LogP contribution in [0.1, 0.15) is 11.1 Å². The number of amides is 1. The van der Waals surface area contributed by atoms with Crippen molar-refractivity contribution in [1.29, 1.82) is 0 Å². The molecule has 0 atom stereocenters. The number of nitro benzene ring substituents is 1. The Morgan fingerprint density at radius 3 is 2.61 bits per heavy atom. The van der Waals surface area contributed by atoms with E-state index in [1.807, 2.05) is 24.3 Å². The van der Waals surface area contributed by atoms with Crippen molar-refractivity contribution in [3.63, 3.8) is 0 Å². The molecule has 1 amide bonds. The number of non-ortho nitro benzene ring substituents is 1. The smallest absolute Gasteiger partial charge is 0.269 e. The van der Waals surface area contributed by atoms with Crippen molar-refractivity contribution < 1.29 is 14.5 Å². The van der Waals surface area contributed by atoms with Gasteiger partial charge in [0.1, 0.15) is 16.7 Å². The van der Waals surface area contributed by atoms with Crippen molar-refractivity contribution in [2.45, 2.75) is 6.61 Å². The zero-order valence-electron chi connectivity index (χ0n) is 14.7. The van der Waals surface area contributed by atoms with Crippen LogP contribution in [0, 0.1) is 10.1 Å². The van der Waals surface area contributed by atoms with E-state index in [1.165, 1.54) is 28.8 Å². The second-order valence-electron chi connectivity index (χ2n) is 5.83. The van der Waals surface area contributed by atoms with Crippen LogP contribution < -0.4 is 4.74 Å². The average molecular weight is 412 g/mol. The molecular weight excluding hydrogens is 396 g/mol. The van der Waals surface area contributed by atoms with Gasteiger partial charge in [-0.15, -0.1) is 6.58 Å². The second-order valence-corrected chi connectivity index (χ2v) is 7.51. The molecule has 1 aliphatic rings. The topological polar surface area (TPSA) is 72.7 Å². The highest BCUT2D eigenvalue weighted by molar-refractivity contribution is 8.26. The van der Waals surface area contributed by atoms with Crippen LogP contribution in [0.4, 0.5) is 5.69 Å². The first-order valence-corrected chi connectivity index (χ1v) is 9.53. The number of nitro groups is 1.